The molecule has 0 saturated heterocycles. The fourth-order valence-corrected chi connectivity index (χ4v) is 1.99. The van der Waals surface area contributed by atoms with E-state index in [2.05, 4.69) is 4.74 Å². The molecule has 0 aromatic heterocycles. The van der Waals surface area contributed by atoms with Crippen molar-refractivity contribution in [3.05, 3.63) is 64.7 Å². The molecule has 0 radical (unpaired) electrons. The molecule has 0 aliphatic heterocycles. The number of nitriles is 1. The van der Waals surface area contributed by atoms with Crippen molar-refractivity contribution in [1.29, 1.82) is 5.26 Å². The number of benzene rings is 2. The van der Waals surface area contributed by atoms with Gasteiger partial charge in [0.25, 0.3) is 0 Å². The lowest BCUT2D eigenvalue weighted by atomic mass is 10.0. The largest absolute Gasteiger partial charge is 0.491 e. The summed E-state index contributed by atoms with van der Waals surface area (Å²) in [5.74, 6) is -2.53. The first-order chi connectivity index (χ1) is 11.3. The fourth-order valence-electron chi connectivity index (χ4n) is 1.80. The zero-order chi connectivity index (χ0) is 17.7. The maximum absolute atomic E-state index is 12.1. The van der Waals surface area contributed by atoms with Crippen LogP contribution in [-0.4, -0.2) is 12.1 Å². The molecule has 2 rings (SSSR count). The van der Waals surface area contributed by atoms with E-state index in [4.69, 9.17) is 11.6 Å². The lowest BCUT2D eigenvalue weighted by Crippen LogP contribution is -2.27. The minimum Gasteiger partial charge on any atom is -0.420 e. The minimum absolute atomic E-state index is 0.240. The average Bonchev–Trinajstić information content (AvgIpc) is 2.53. The van der Waals surface area contributed by atoms with Gasteiger partial charge in [-0.25, -0.2) is 4.79 Å². The third-order valence-corrected chi connectivity index (χ3v) is 3.12. The van der Waals surface area contributed by atoms with E-state index in [0.717, 1.165) is 0 Å². The van der Waals surface area contributed by atoms with Crippen LogP contribution in [0.1, 0.15) is 11.1 Å². The van der Waals surface area contributed by atoms with Gasteiger partial charge in [0.05, 0.1) is 11.6 Å². The summed E-state index contributed by atoms with van der Waals surface area (Å²) in [7, 11) is 0. The Hall–Kier alpha value is -2.78. The number of allylic oxidation sites excluding steroid dienone is 1. The Morgan fingerprint density at radius 2 is 1.83 bits per heavy atom. The lowest BCUT2D eigenvalue weighted by Gasteiger charge is -2.07. The highest BCUT2D eigenvalue weighted by atomic mass is 35.5. The van der Waals surface area contributed by atoms with Crippen molar-refractivity contribution in [2.75, 3.05) is 0 Å². The van der Waals surface area contributed by atoms with Gasteiger partial charge >= 0.3 is 12.1 Å². The summed E-state index contributed by atoms with van der Waals surface area (Å²) in [6.07, 6.45) is -3.51. The molecule has 0 aliphatic carbocycles. The highest BCUT2D eigenvalue weighted by Gasteiger charge is 2.41. The molecule has 0 atom stereocenters. The van der Waals surface area contributed by atoms with Crippen LogP contribution >= 0.6 is 11.6 Å². The Balaban J connectivity index is 2.21. The standard InChI is InChI=1S/C17H9ClF3NO2/c18-14-3-1-2-12(9-14)13(10-22)8-11-4-6-15(7-5-11)24-16(23)17(19,20)21/h1-9H/b13-8-. The quantitative estimate of drug-likeness (QED) is 0.343. The molecule has 24 heavy (non-hydrogen) atoms. The van der Waals surface area contributed by atoms with E-state index in [1.165, 1.54) is 24.3 Å². The first-order valence-corrected chi connectivity index (χ1v) is 6.94. The summed E-state index contributed by atoms with van der Waals surface area (Å²) < 4.78 is 40.6. The average molecular weight is 352 g/mol. The van der Waals surface area contributed by atoms with Crippen LogP contribution in [0.3, 0.4) is 0 Å². The number of halogens is 4. The van der Waals surface area contributed by atoms with Crippen LogP contribution < -0.4 is 4.74 Å². The van der Waals surface area contributed by atoms with Gasteiger partial charge in [0.2, 0.25) is 0 Å². The second kappa shape index (κ2) is 7.20. The summed E-state index contributed by atoms with van der Waals surface area (Å²) in [6, 6.07) is 14.0. The van der Waals surface area contributed by atoms with Crippen molar-refractivity contribution in [2.24, 2.45) is 0 Å². The van der Waals surface area contributed by atoms with Crippen LogP contribution in [0.5, 0.6) is 5.75 Å². The van der Waals surface area contributed by atoms with Crippen LogP contribution in [0, 0.1) is 11.3 Å². The number of alkyl halides is 3. The fraction of sp³-hybridized carbons (Fsp3) is 0.0588. The molecule has 0 fully saturated rings. The molecule has 2 aromatic rings. The molecule has 0 amide bonds. The van der Waals surface area contributed by atoms with Crippen LogP contribution in [0.25, 0.3) is 11.6 Å². The van der Waals surface area contributed by atoms with Gasteiger partial charge in [-0.3, -0.25) is 0 Å². The normalized spacial score (nSPS) is 11.7. The molecule has 0 aliphatic rings. The van der Waals surface area contributed by atoms with Crippen LogP contribution in [0.15, 0.2) is 48.5 Å². The van der Waals surface area contributed by atoms with Crippen LogP contribution in [0.4, 0.5) is 13.2 Å². The second-order valence-corrected chi connectivity index (χ2v) is 5.07. The number of ether oxygens (including phenoxy) is 1. The van der Waals surface area contributed by atoms with Gasteiger partial charge in [-0.05, 0) is 41.5 Å². The van der Waals surface area contributed by atoms with Gasteiger partial charge in [0.1, 0.15) is 5.75 Å². The molecule has 7 heteroatoms. The van der Waals surface area contributed by atoms with Gasteiger partial charge in [-0.15, -0.1) is 0 Å². The number of esters is 1. The van der Waals surface area contributed by atoms with E-state index in [1.807, 2.05) is 6.07 Å². The van der Waals surface area contributed by atoms with Crippen LogP contribution in [-0.2, 0) is 4.79 Å². The molecule has 0 N–H and O–H groups in total. The molecule has 0 heterocycles. The van der Waals surface area contributed by atoms with E-state index < -0.39 is 12.1 Å². The number of carbonyl (C=O) groups is 1. The van der Waals surface area contributed by atoms with Crippen molar-refractivity contribution in [2.45, 2.75) is 6.18 Å². The first-order valence-electron chi connectivity index (χ1n) is 6.56. The topological polar surface area (TPSA) is 50.1 Å². The number of carbonyl (C=O) groups excluding carboxylic acids is 1. The molecule has 3 nitrogen and oxygen atoms in total. The number of nitrogens with zero attached hydrogens (tertiary/aromatic N) is 1. The molecule has 0 spiro atoms. The summed E-state index contributed by atoms with van der Waals surface area (Å²) >= 11 is 5.88. The summed E-state index contributed by atoms with van der Waals surface area (Å²) in [6.45, 7) is 0. The Morgan fingerprint density at radius 1 is 1.17 bits per heavy atom. The third kappa shape index (κ3) is 4.61. The van der Waals surface area contributed by atoms with Crippen molar-refractivity contribution in [3.63, 3.8) is 0 Å². The molecule has 0 saturated carbocycles. The number of rotatable bonds is 3. The minimum atomic E-state index is -5.06. The SMILES string of the molecule is N#C/C(=C/c1ccc(OC(=O)C(F)(F)F)cc1)c1cccc(Cl)c1. The van der Waals surface area contributed by atoms with Gasteiger partial charge < -0.3 is 4.74 Å². The Labute approximate surface area is 140 Å². The van der Waals surface area contributed by atoms with Crippen molar-refractivity contribution in [3.8, 4) is 11.8 Å². The highest BCUT2D eigenvalue weighted by Crippen LogP contribution is 2.23. The van der Waals surface area contributed by atoms with Gasteiger partial charge in [-0.1, -0.05) is 35.9 Å². The molecule has 0 unspecified atom stereocenters. The summed E-state index contributed by atoms with van der Waals surface area (Å²) in [4.78, 5) is 10.7. The molecule has 2 aromatic carbocycles. The molecule has 122 valence electrons. The number of hydrogen-bond acceptors (Lipinski definition) is 3. The summed E-state index contributed by atoms with van der Waals surface area (Å²) in [5.41, 5.74) is 1.49. The van der Waals surface area contributed by atoms with Gasteiger partial charge in [-0.2, -0.15) is 18.4 Å². The Bertz CT molecular complexity index is 821. The van der Waals surface area contributed by atoms with Crippen molar-refractivity contribution >= 4 is 29.2 Å². The predicted molar refractivity (Wildman–Crippen MR) is 83.1 cm³/mol. The van der Waals surface area contributed by atoms with E-state index in [9.17, 15) is 23.2 Å². The Kier molecular flexibility index (Phi) is 5.27. The van der Waals surface area contributed by atoms with E-state index >= 15 is 0 Å². The highest BCUT2D eigenvalue weighted by molar-refractivity contribution is 6.30. The van der Waals surface area contributed by atoms with Crippen molar-refractivity contribution in [1.82, 2.24) is 0 Å². The zero-order valence-electron chi connectivity index (χ0n) is 12.0. The molecular formula is C17H9ClF3NO2. The van der Waals surface area contributed by atoms with Crippen LogP contribution in [0.2, 0.25) is 5.02 Å². The monoisotopic (exact) mass is 351 g/mol. The zero-order valence-corrected chi connectivity index (χ0v) is 12.7. The first kappa shape index (κ1) is 17.6. The smallest absolute Gasteiger partial charge is 0.420 e. The van der Waals surface area contributed by atoms with E-state index in [0.29, 0.717) is 21.7 Å². The summed E-state index contributed by atoms with van der Waals surface area (Å²) in [5, 5.41) is 9.71. The van der Waals surface area contributed by atoms with E-state index in [1.54, 1.807) is 30.3 Å². The van der Waals surface area contributed by atoms with Gasteiger partial charge in [0, 0.05) is 5.02 Å². The predicted octanol–water partition coefficient (Wildman–Crippen LogP) is 4.87. The molecule has 0 bridgehead atoms. The van der Waals surface area contributed by atoms with E-state index in [-0.39, 0.29) is 5.75 Å². The lowest BCUT2D eigenvalue weighted by molar-refractivity contribution is -0.189. The maximum atomic E-state index is 12.1. The van der Waals surface area contributed by atoms with Crippen molar-refractivity contribution < 1.29 is 22.7 Å². The number of hydrogen-bond donors (Lipinski definition) is 0. The second-order valence-electron chi connectivity index (χ2n) is 4.64. The maximum Gasteiger partial charge on any atom is 0.491 e. The third-order valence-electron chi connectivity index (χ3n) is 2.89. The Morgan fingerprint density at radius 3 is 2.38 bits per heavy atom. The van der Waals surface area contributed by atoms with Gasteiger partial charge in [0.15, 0.2) is 0 Å². The molecular weight excluding hydrogens is 343 g/mol.